The molecule has 2 saturated heterocycles. The number of piperidine rings is 1. The van der Waals surface area contributed by atoms with Crippen LogP contribution in [0.25, 0.3) is 5.65 Å². The minimum Gasteiger partial charge on any atom is -0.478 e. The molecule has 8 nitrogen and oxygen atoms in total. The van der Waals surface area contributed by atoms with Gasteiger partial charge in [-0.15, -0.1) is 0 Å². The van der Waals surface area contributed by atoms with Crippen molar-refractivity contribution < 1.29 is 9.90 Å². The van der Waals surface area contributed by atoms with Gasteiger partial charge in [0.25, 0.3) is 5.56 Å². The number of fused-ring (bicyclic) bond motifs is 3. The molecule has 2 unspecified atom stereocenters. The summed E-state index contributed by atoms with van der Waals surface area (Å²) in [7, 11) is 0. The predicted octanol–water partition coefficient (Wildman–Crippen LogP) is 3.20. The van der Waals surface area contributed by atoms with Crippen molar-refractivity contribution in [2.75, 3.05) is 23.3 Å². The van der Waals surface area contributed by atoms with Crippen LogP contribution in [-0.2, 0) is 6.54 Å². The van der Waals surface area contributed by atoms with Gasteiger partial charge in [0, 0.05) is 49.2 Å². The topological polar surface area (TPSA) is 99.0 Å². The van der Waals surface area contributed by atoms with Gasteiger partial charge in [-0.1, -0.05) is 26.0 Å². The highest BCUT2D eigenvalue weighted by atomic mass is 16.4. The number of hydrogen-bond donors (Lipinski definition) is 3. The molecule has 3 aromatic rings. The van der Waals surface area contributed by atoms with E-state index in [4.69, 9.17) is 4.98 Å². The molecule has 5 rings (SSSR count). The van der Waals surface area contributed by atoms with E-state index in [9.17, 15) is 14.7 Å². The molecule has 1 aromatic carbocycles. The molecule has 2 aromatic heterocycles. The van der Waals surface area contributed by atoms with Crippen molar-refractivity contribution in [1.82, 2.24) is 14.7 Å². The summed E-state index contributed by atoms with van der Waals surface area (Å²) in [6.07, 6.45) is 2.94. The Morgan fingerprint density at radius 1 is 1.21 bits per heavy atom. The Morgan fingerprint density at radius 2 is 1.91 bits per heavy atom. The minimum absolute atomic E-state index is 0.0613. The molecule has 2 fully saturated rings. The van der Waals surface area contributed by atoms with Gasteiger partial charge in [0.15, 0.2) is 0 Å². The zero-order chi connectivity index (χ0) is 23.7. The monoisotopic (exact) mass is 449 g/mol. The second-order valence-electron chi connectivity index (χ2n) is 8.42. The highest BCUT2D eigenvalue weighted by Gasteiger charge is 2.43. The normalized spacial score (nSPS) is 18.8. The van der Waals surface area contributed by atoms with E-state index < -0.39 is 5.97 Å². The molecule has 174 valence electrons. The second kappa shape index (κ2) is 9.23. The number of anilines is 2. The van der Waals surface area contributed by atoms with Crippen molar-refractivity contribution in [1.29, 1.82) is 0 Å². The number of carbonyl (C=O) groups is 1. The summed E-state index contributed by atoms with van der Waals surface area (Å²) in [6.45, 7) is 9.96. The van der Waals surface area contributed by atoms with E-state index in [1.165, 1.54) is 0 Å². The fourth-order valence-electron chi connectivity index (χ4n) is 4.76. The van der Waals surface area contributed by atoms with E-state index in [1.54, 1.807) is 28.7 Å². The molecule has 2 atom stereocenters. The van der Waals surface area contributed by atoms with Crippen molar-refractivity contribution in [3.8, 4) is 0 Å². The number of carboxylic acids is 1. The summed E-state index contributed by atoms with van der Waals surface area (Å²) < 4.78 is 1.61. The number of pyridine rings is 1. The lowest BCUT2D eigenvalue weighted by Gasteiger charge is -2.54. The molecule has 2 bridgehead atoms. The lowest BCUT2D eigenvalue weighted by molar-refractivity contribution is 0.0698. The van der Waals surface area contributed by atoms with Gasteiger partial charge in [-0.3, -0.25) is 9.20 Å². The molecule has 33 heavy (non-hydrogen) atoms. The Morgan fingerprint density at radius 3 is 2.58 bits per heavy atom. The molecule has 3 N–H and O–H groups in total. The lowest BCUT2D eigenvalue weighted by Crippen LogP contribution is -2.68. The molecule has 0 spiro atoms. The minimum atomic E-state index is -0.984. The quantitative estimate of drug-likeness (QED) is 0.550. The average Bonchev–Trinajstić information content (AvgIpc) is 2.83. The number of nitrogens with one attached hydrogen (secondary N) is 2. The van der Waals surface area contributed by atoms with E-state index in [2.05, 4.69) is 15.5 Å². The van der Waals surface area contributed by atoms with Crippen LogP contribution in [0.2, 0.25) is 0 Å². The summed E-state index contributed by atoms with van der Waals surface area (Å²) in [6, 6.07) is 9.55. The number of para-hydroxylation sites is 1. The van der Waals surface area contributed by atoms with Gasteiger partial charge in [-0.05, 0) is 44.0 Å². The van der Waals surface area contributed by atoms with Gasteiger partial charge in [0.1, 0.15) is 11.5 Å². The zero-order valence-electron chi connectivity index (χ0n) is 19.6. The maximum absolute atomic E-state index is 13.2. The Labute approximate surface area is 193 Å². The van der Waals surface area contributed by atoms with Crippen molar-refractivity contribution in [3.05, 3.63) is 69.1 Å². The summed E-state index contributed by atoms with van der Waals surface area (Å²) in [4.78, 5) is 32.0. The van der Waals surface area contributed by atoms with E-state index >= 15 is 0 Å². The number of benzene rings is 1. The molecule has 8 heteroatoms. The van der Waals surface area contributed by atoms with Crippen LogP contribution < -0.4 is 21.1 Å². The molecule has 2 aliphatic heterocycles. The molecule has 4 heterocycles. The number of aromatic carboxylic acids is 1. The van der Waals surface area contributed by atoms with Crippen LogP contribution >= 0.6 is 0 Å². The van der Waals surface area contributed by atoms with E-state index in [0.29, 0.717) is 35.5 Å². The van der Waals surface area contributed by atoms with Crippen molar-refractivity contribution in [3.63, 3.8) is 0 Å². The summed E-state index contributed by atoms with van der Waals surface area (Å²) in [5.74, 6) is -0.217. The largest absolute Gasteiger partial charge is 0.478 e. The Kier molecular flexibility index (Phi) is 6.37. The fraction of sp³-hybridized carbons (Fsp3) is 0.400. The highest BCUT2D eigenvalue weighted by Crippen LogP contribution is 2.34. The number of aryl methyl sites for hydroxylation is 1. The van der Waals surface area contributed by atoms with Gasteiger partial charge in [0.05, 0.1) is 11.1 Å². The highest BCUT2D eigenvalue weighted by molar-refractivity contribution is 5.94. The van der Waals surface area contributed by atoms with Gasteiger partial charge in [-0.2, -0.15) is 0 Å². The number of nitrogens with zero attached hydrogens (tertiary/aromatic N) is 3. The molecule has 0 radical (unpaired) electrons. The zero-order valence-corrected chi connectivity index (χ0v) is 19.6. The van der Waals surface area contributed by atoms with E-state index in [1.807, 2.05) is 40.0 Å². The summed E-state index contributed by atoms with van der Waals surface area (Å²) in [5, 5.41) is 16.1. The standard InChI is InChI=1S/C23H25N5O3.C2H6/c1-13-7-15(9-25-19-6-4-3-5-18(19)23(30)31)21-26-20(14(2)22(29)27(21)12-13)28-16-8-17(28)11-24-10-16;1-2/h3-7,12,16-17,24-25H,8-11H2,1-2H3,(H,30,31);1-2H3. The van der Waals surface area contributed by atoms with E-state index in [-0.39, 0.29) is 11.1 Å². The SMILES string of the molecule is CC.Cc1cc(CNc2ccccc2C(=O)O)c2nc(N3C4CNCC3C4)c(C)c(=O)n2c1. The first-order valence-corrected chi connectivity index (χ1v) is 11.5. The van der Waals surface area contributed by atoms with Crippen molar-refractivity contribution >= 4 is 23.1 Å². The van der Waals surface area contributed by atoms with Crippen LogP contribution in [0, 0.1) is 13.8 Å². The van der Waals surface area contributed by atoms with Crippen molar-refractivity contribution in [2.45, 2.75) is 52.7 Å². The maximum atomic E-state index is 13.2. The Hall–Kier alpha value is -3.39. The third-order valence-electron chi connectivity index (χ3n) is 6.30. The fourth-order valence-corrected chi connectivity index (χ4v) is 4.76. The predicted molar refractivity (Wildman–Crippen MR) is 131 cm³/mol. The van der Waals surface area contributed by atoms with Gasteiger partial charge >= 0.3 is 5.97 Å². The molecular weight excluding hydrogens is 418 g/mol. The number of hydrogen-bond acceptors (Lipinski definition) is 6. The van der Waals surface area contributed by atoms with Gasteiger partial charge in [0.2, 0.25) is 0 Å². The molecule has 0 aliphatic carbocycles. The first-order chi connectivity index (χ1) is 15.9. The first kappa shape index (κ1) is 22.8. The molecule has 2 aliphatic rings. The van der Waals surface area contributed by atoms with Crippen LogP contribution in [-0.4, -0.2) is 45.6 Å². The van der Waals surface area contributed by atoms with Crippen LogP contribution in [0.3, 0.4) is 0 Å². The lowest BCUT2D eigenvalue weighted by atomic mass is 9.88. The van der Waals surface area contributed by atoms with Crippen molar-refractivity contribution in [2.24, 2.45) is 0 Å². The Balaban J connectivity index is 0.00000126. The smallest absolute Gasteiger partial charge is 0.337 e. The van der Waals surface area contributed by atoms with Crippen LogP contribution in [0.1, 0.15) is 47.3 Å². The third kappa shape index (κ3) is 4.06. The van der Waals surface area contributed by atoms with Gasteiger partial charge < -0.3 is 20.6 Å². The first-order valence-electron chi connectivity index (χ1n) is 11.5. The van der Waals surface area contributed by atoms with Crippen LogP contribution in [0.15, 0.2) is 41.3 Å². The molecular formula is C25H31N5O3. The van der Waals surface area contributed by atoms with Crippen LogP contribution in [0.5, 0.6) is 0 Å². The molecule has 0 saturated carbocycles. The summed E-state index contributed by atoms with van der Waals surface area (Å²) in [5.41, 5.74) is 3.74. The second-order valence-corrected chi connectivity index (χ2v) is 8.42. The van der Waals surface area contributed by atoms with Gasteiger partial charge in [-0.25, -0.2) is 9.78 Å². The number of aromatic nitrogens is 2. The number of piperazine rings is 1. The summed E-state index contributed by atoms with van der Waals surface area (Å²) >= 11 is 0. The average molecular weight is 450 g/mol. The maximum Gasteiger partial charge on any atom is 0.337 e. The Bertz CT molecular complexity index is 1240. The number of carboxylic acid groups (broad SMARTS) is 1. The third-order valence-corrected chi connectivity index (χ3v) is 6.30. The van der Waals surface area contributed by atoms with E-state index in [0.717, 1.165) is 36.5 Å². The number of rotatable bonds is 5. The van der Waals surface area contributed by atoms with Crippen LogP contribution in [0.4, 0.5) is 11.5 Å². The molecule has 0 amide bonds.